The summed E-state index contributed by atoms with van der Waals surface area (Å²) in [6.45, 7) is 2.96. The Morgan fingerprint density at radius 1 is 1.17 bits per heavy atom. The lowest BCUT2D eigenvalue weighted by Crippen LogP contribution is -2.03. The zero-order chi connectivity index (χ0) is 17.7. The minimum absolute atomic E-state index is 0.0477. The van der Waals surface area contributed by atoms with Gasteiger partial charge in [0.1, 0.15) is 0 Å². The molecule has 2 N–H and O–H groups in total. The van der Waals surface area contributed by atoms with Crippen molar-refractivity contribution in [1.29, 1.82) is 0 Å². The lowest BCUT2D eigenvalue weighted by Gasteiger charge is -2.08. The molecule has 2 aromatic carbocycles. The number of nitro benzene ring substituents is 1. The van der Waals surface area contributed by atoms with Gasteiger partial charge in [-0.3, -0.25) is 10.1 Å². The topological polar surface area (TPSA) is 108 Å². The summed E-state index contributed by atoms with van der Waals surface area (Å²) in [4.78, 5) is 27.3. The molecule has 0 aliphatic rings. The number of hydrogen-bond acceptors (Lipinski definition) is 7. The molecule has 0 atom stereocenters. The number of benzene rings is 2. The maximum absolute atomic E-state index is 10.8. The van der Waals surface area contributed by atoms with Crippen molar-refractivity contribution in [2.75, 3.05) is 5.73 Å². The van der Waals surface area contributed by atoms with Crippen LogP contribution < -0.4 is 5.73 Å². The van der Waals surface area contributed by atoms with Gasteiger partial charge < -0.3 is 10.6 Å². The van der Waals surface area contributed by atoms with E-state index in [1.54, 1.807) is 31.2 Å². The molecule has 0 amide bonds. The molecule has 0 heterocycles. The van der Waals surface area contributed by atoms with E-state index in [0.717, 1.165) is 9.79 Å². The molecule has 0 unspecified atom stereocenters. The van der Waals surface area contributed by atoms with Gasteiger partial charge in [0.2, 0.25) is 0 Å². The quantitative estimate of drug-likeness (QED) is 0.291. The maximum Gasteiger partial charge on any atom is 0.331 e. The standard InChI is InChI=1S/C16H15N3O4S/c1-10(18-23-11(2)20)15-8-7-14(9-16(15)17)24-13-5-3-12(4-6-13)19(21)22/h3-9H,17H2,1-2H3/b18-10+. The fraction of sp³-hybridized carbons (Fsp3) is 0.125. The molecular weight excluding hydrogens is 330 g/mol. The first kappa shape index (κ1) is 17.5. The first-order chi connectivity index (χ1) is 11.4. The largest absolute Gasteiger partial charge is 0.398 e. The van der Waals surface area contributed by atoms with Crippen LogP contribution in [0.25, 0.3) is 0 Å². The smallest absolute Gasteiger partial charge is 0.331 e. The van der Waals surface area contributed by atoms with Crippen LogP contribution in [0.5, 0.6) is 0 Å². The van der Waals surface area contributed by atoms with Gasteiger partial charge in [-0.1, -0.05) is 16.9 Å². The molecule has 0 saturated heterocycles. The Morgan fingerprint density at radius 3 is 2.33 bits per heavy atom. The summed E-state index contributed by atoms with van der Waals surface area (Å²) in [5, 5.41) is 14.4. The minimum Gasteiger partial charge on any atom is -0.398 e. The Hall–Kier alpha value is -2.87. The highest BCUT2D eigenvalue weighted by Crippen LogP contribution is 2.31. The highest BCUT2D eigenvalue weighted by atomic mass is 32.2. The van der Waals surface area contributed by atoms with E-state index >= 15 is 0 Å². The van der Waals surface area contributed by atoms with E-state index in [1.165, 1.54) is 30.8 Å². The second kappa shape index (κ2) is 7.60. The molecule has 8 heteroatoms. The zero-order valence-corrected chi connectivity index (χ0v) is 13.9. The third-order valence-electron chi connectivity index (χ3n) is 3.01. The monoisotopic (exact) mass is 345 g/mol. The number of anilines is 1. The molecule has 0 radical (unpaired) electrons. The minimum atomic E-state index is -0.502. The van der Waals surface area contributed by atoms with Gasteiger partial charge in [0.15, 0.2) is 0 Å². The average Bonchev–Trinajstić information content (AvgIpc) is 2.53. The molecular formula is C16H15N3O4S. The highest BCUT2D eigenvalue weighted by molar-refractivity contribution is 7.99. The molecule has 2 aromatic rings. The second-order valence-corrected chi connectivity index (χ2v) is 6.01. The first-order valence-corrected chi connectivity index (χ1v) is 7.73. The molecule has 0 fully saturated rings. The van der Waals surface area contributed by atoms with E-state index in [9.17, 15) is 14.9 Å². The van der Waals surface area contributed by atoms with Crippen LogP contribution in [0.2, 0.25) is 0 Å². The van der Waals surface area contributed by atoms with Crippen LogP contribution in [0, 0.1) is 10.1 Å². The van der Waals surface area contributed by atoms with Crippen LogP contribution >= 0.6 is 11.8 Å². The molecule has 24 heavy (non-hydrogen) atoms. The van der Waals surface area contributed by atoms with Crippen LogP contribution in [0.1, 0.15) is 19.4 Å². The SMILES string of the molecule is CC(=O)O/N=C(\C)c1ccc(Sc2ccc([N+](=O)[O-])cc2)cc1N. The molecule has 0 bridgehead atoms. The number of carbonyl (C=O) groups excluding carboxylic acids is 1. The zero-order valence-electron chi connectivity index (χ0n) is 13.1. The second-order valence-electron chi connectivity index (χ2n) is 4.86. The molecule has 2 rings (SSSR count). The number of nitro groups is 1. The van der Waals surface area contributed by atoms with Gasteiger partial charge in [-0.25, -0.2) is 4.79 Å². The van der Waals surface area contributed by atoms with Gasteiger partial charge in [-0.05, 0) is 37.3 Å². The summed E-state index contributed by atoms with van der Waals surface area (Å²) in [6.07, 6.45) is 0. The van der Waals surface area contributed by atoms with E-state index in [2.05, 4.69) is 9.99 Å². The van der Waals surface area contributed by atoms with Crippen LogP contribution in [-0.2, 0) is 9.63 Å². The van der Waals surface area contributed by atoms with E-state index in [4.69, 9.17) is 5.73 Å². The number of nitrogen functional groups attached to an aromatic ring is 1. The molecule has 0 spiro atoms. The fourth-order valence-electron chi connectivity index (χ4n) is 1.89. The van der Waals surface area contributed by atoms with Crippen molar-refractivity contribution in [1.82, 2.24) is 0 Å². The van der Waals surface area contributed by atoms with Gasteiger partial charge in [-0.15, -0.1) is 0 Å². The summed E-state index contributed by atoms with van der Waals surface area (Å²) in [7, 11) is 0. The molecule has 0 aliphatic carbocycles. The van der Waals surface area contributed by atoms with Gasteiger partial charge in [0, 0.05) is 40.1 Å². The van der Waals surface area contributed by atoms with Crippen LogP contribution in [0.15, 0.2) is 57.4 Å². The Morgan fingerprint density at radius 2 is 1.79 bits per heavy atom. The number of non-ortho nitro benzene ring substituents is 1. The third-order valence-corrected chi connectivity index (χ3v) is 4.00. The Balaban J connectivity index is 2.15. The van der Waals surface area contributed by atoms with Crippen LogP contribution in [-0.4, -0.2) is 16.6 Å². The Labute approximate surface area is 142 Å². The maximum atomic E-state index is 10.8. The molecule has 124 valence electrons. The lowest BCUT2D eigenvalue weighted by molar-refractivity contribution is -0.384. The summed E-state index contributed by atoms with van der Waals surface area (Å²) in [6, 6.07) is 11.7. The number of nitrogens with zero attached hydrogens (tertiary/aromatic N) is 2. The van der Waals surface area contributed by atoms with Gasteiger partial charge >= 0.3 is 5.97 Å². The van der Waals surface area contributed by atoms with Crippen molar-refractivity contribution in [2.24, 2.45) is 5.16 Å². The number of rotatable bonds is 5. The summed E-state index contributed by atoms with van der Waals surface area (Å²) < 4.78 is 0. The summed E-state index contributed by atoms with van der Waals surface area (Å²) in [5.74, 6) is -0.502. The normalized spacial score (nSPS) is 11.2. The van der Waals surface area contributed by atoms with E-state index in [0.29, 0.717) is 17.0 Å². The Bertz CT molecular complexity index is 803. The summed E-state index contributed by atoms with van der Waals surface area (Å²) in [5.41, 5.74) is 7.73. The third kappa shape index (κ3) is 4.56. The van der Waals surface area contributed by atoms with Crippen LogP contribution in [0.4, 0.5) is 11.4 Å². The van der Waals surface area contributed by atoms with Gasteiger partial charge in [0.25, 0.3) is 5.69 Å². The van der Waals surface area contributed by atoms with Crippen molar-refractivity contribution in [3.05, 3.63) is 58.1 Å². The summed E-state index contributed by atoms with van der Waals surface area (Å²) >= 11 is 1.43. The van der Waals surface area contributed by atoms with Crippen molar-refractivity contribution < 1.29 is 14.6 Å². The predicted octanol–water partition coefficient (Wildman–Crippen LogP) is 3.62. The number of carbonyl (C=O) groups is 1. The highest BCUT2D eigenvalue weighted by Gasteiger charge is 2.08. The van der Waals surface area contributed by atoms with Crippen molar-refractivity contribution in [3.8, 4) is 0 Å². The van der Waals surface area contributed by atoms with Gasteiger partial charge in [0.05, 0.1) is 10.6 Å². The molecule has 0 saturated carbocycles. The molecule has 7 nitrogen and oxygen atoms in total. The van der Waals surface area contributed by atoms with Crippen molar-refractivity contribution >= 4 is 34.8 Å². The van der Waals surface area contributed by atoms with Gasteiger partial charge in [-0.2, -0.15) is 0 Å². The van der Waals surface area contributed by atoms with Crippen molar-refractivity contribution in [2.45, 2.75) is 23.6 Å². The van der Waals surface area contributed by atoms with E-state index in [-0.39, 0.29) is 5.69 Å². The fourth-order valence-corrected chi connectivity index (χ4v) is 2.75. The number of hydrogen-bond donors (Lipinski definition) is 1. The van der Waals surface area contributed by atoms with E-state index < -0.39 is 10.9 Å². The average molecular weight is 345 g/mol. The lowest BCUT2D eigenvalue weighted by atomic mass is 10.1. The first-order valence-electron chi connectivity index (χ1n) is 6.91. The van der Waals surface area contributed by atoms with E-state index in [1.807, 2.05) is 6.07 Å². The predicted molar refractivity (Wildman–Crippen MR) is 92.1 cm³/mol. The molecule has 0 aromatic heterocycles. The molecule has 0 aliphatic heterocycles. The van der Waals surface area contributed by atoms with Crippen molar-refractivity contribution in [3.63, 3.8) is 0 Å². The Kier molecular flexibility index (Phi) is 5.54. The number of oxime groups is 1. The number of nitrogens with two attached hydrogens (primary N) is 1. The van der Waals surface area contributed by atoms with Crippen LogP contribution in [0.3, 0.4) is 0 Å².